The zero-order valence-electron chi connectivity index (χ0n) is 14.8. The van der Waals surface area contributed by atoms with Crippen LogP contribution in [0.5, 0.6) is 5.75 Å². The number of esters is 1. The fourth-order valence-corrected chi connectivity index (χ4v) is 2.75. The highest BCUT2D eigenvalue weighted by molar-refractivity contribution is 5.72. The Morgan fingerprint density at radius 2 is 1.87 bits per heavy atom. The highest BCUT2D eigenvalue weighted by Crippen LogP contribution is 2.22. The normalized spacial score (nSPS) is 13.3. The van der Waals surface area contributed by atoms with Gasteiger partial charge in [-0.1, -0.05) is 58.1 Å². The van der Waals surface area contributed by atoms with Gasteiger partial charge in [-0.2, -0.15) is 0 Å². The topological polar surface area (TPSA) is 35.5 Å². The fraction of sp³-hybridized carbons (Fsp3) is 0.650. The van der Waals surface area contributed by atoms with Crippen molar-refractivity contribution in [3.8, 4) is 5.75 Å². The predicted molar refractivity (Wildman–Crippen MR) is 93.4 cm³/mol. The molecule has 0 aliphatic rings. The summed E-state index contributed by atoms with van der Waals surface area (Å²) in [7, 11) is 1.48. The van der Waals surface area contributed by atoms with Gasteiger partial charge in [0.15, 0.2) is 0 Å². The van der Waals surface area contributed by atoms with Gasteiger partial charge in [0.05, 0.1) is 19.6 Å². The number of ether oxygens (including phenoxy) is 2. The molecule has 0 spiro atoms. The Bertz CT molecular complexity index is 416. The Morgan fingerprint density at radius 1 is 1.17 bits per heavy atom. The number of carbonyl (C=O) groups excluding carboxylic acids is 1. The third kappa shape index (κ3) is 8.63. The lowest BCUT2D eigenvalue weighted by Gasteiger charge is -2.19. The van der Waals surface area contributed by atoms with Crippen LogP contribution >= 0.6 is 0 Å². The van der Waals surface area contributed by atoms with E-state index in [4.69, 9.17) is 9.47 Å². The molecule has 23 heavy (non-hydrogen) atoms. The first kappa shape index (κ1) is 19.5. The zero-order chi connectivity index (χ0) is 16.9. The van der Waals surface area contributed by atoms with Gasteiger partial charge in [0, 0.05) is 0 Å². The van der Waals surface area contributed by atoms with Crippen LogP contribution < -0.4 is 4.74 Å². The van der Waals surface area contributed by atoms with E-state index in [2.05, 4.69) is 19.9 Å². The molecule has 1 aromatic rings. The molecule has 0 aliphatic carbocycles. The van der Waals surface area contributed by atoms with Crippen molar-refractivity contribution in [2.75, 3.05) is 13.7 Å². The summed E-state index contributed by atoms with van der Waals surface area (Å²) in [5.74, 6) is 1.08. The van der Waals surface area contributed by atoms with Crippen LogP contribution in [-0.2, 0) is 9.53 Å². The molecule has 2 unspecified atom stereocenters. The zero-order valence-corrected chi connectivity index (χ0v) is 14.8. The summed E-state index contributed by atoms with van der Waals surface area (Å²) >= 11 is 0. The van der Waals surface area contributed by atoms with E-state index in [0.717, 1.165) is 25.0 Å². The Kier molecular flexibility index (Phi) is 10.2. The molecule has 3 heteroatoms. The van der Waals surface area contributed by atoms with E-state index in [1.807, 2.05) is 24.3 Å². The van der Waals surface area contributed by atoms with Crippen LogP contribution in [0.1, 0.15) is 58.8 Å². The smallest absolute Gasteiger partial charge is 0.308 e. The molecule has 0 fully saturated rings. The molecule has 0 saturated heterocycles. The minimum Gasteiger partial charge on any atom is -0.493 e. The maximum atomic E-state index is 12.0. The Morgan fingerprint density at radius 3 is 2.52 bits per heavy atom. The van der Waals surface area contributed by atoms with Crippen molar-refractivity contribution in [3.05, 3.63) is 30.3 Å². The van der Waals surface area contributed by atoms with E-state index in [9.17, 15) is 4.79 Å². The summed E-state index contributed by atoms with van der Waals surface area (Å²) in [5.41, 5.74) is 0. The predicted octanol–water partition coefficient (Wildman–Crippen LogP) is 5.04. The summed E-state index contributed by atoms with van der Waals surface area (Å²) < 4.78 is 10.7. The molecular weight excluding hydrogens is 288 g/mol. The van der Waals surface area contributed by atoms with Gasteiger partial charge < -0.3 is 9.47 Å². The molecule has 0 aliphatic heterocycles. The van der Waals surface area contributed by atoms with Gasteiger partial charge in [-0.15, -0.1) is 0 Å². The van der Waals surface area contributed by atoms with Crippen molar-refractivity contribution < 1.29 is 14.3 Å². The first-order chi connectivity index (χ1) is 11.2. The van der Waals surface area contributed by atoms with E-state index < -0.39 is 0 Å². The molecular formula is C20H31O3. The van der Waals surface area contributed by atoms with Crippen LogP contribution in [-0.4, -0.2) is 19.7 Å². The molecule has 0 aromatic heterocycles. The molecule has 0 N–H and O–H groups in total. The first-order valence-electron chi connectivity index (χ1n) is 8.84. The van der Waals surface area contributed by atoms with Crippen molar-refractivity contribution in [2.45, 2.75) is 58.8 Å². The highest BCUT2D eigenvalue weighted by Gasteiger charge is 2.21. The van der Waals surface area contributed by atoms with Crippen molar-refractivity contribution in [2.24, 2.45) is 11.8 Å². The summed E-state index contributed by atoms with van der Waals surface area (Å²) in [6.45, 7) is 4.96. The molecule has 0 amide bonds. The van der Waals surface area contributed by atoms with E-state index in [1.165, 1.54) is 32.8 Å². The van der Waals surface area contributed by atoms with E-state index in [0.29, 0.717) is 12.5 Å². The van der Waals surface area contributed by atoms with Crippen LogP contribution in [0.3, 0.4) is 0 Å². The van der Waals surface area contributed by atoms with Crippen molar-refractivity contribution >= 4 is 5.97 Å². The molecule has 1 radical (unpaired) electrons. The standard InChI is InChI=1S/C20H31O3/c1-4-5-6-7-9-12-18(20(21)22-3)15-17(2)16-23-19-13-10-8-11-14-19/h10-11,13-14,17-18H,4-7,9,12,15-16H2,1-3H3. The van der Waals surface area contributed by atoms with E-state index >= 15 is 0 Å². The third-order valence-electron chi connectivity index (χ3n) is 4.10. The third-order valence-corrected chi connectivity index (χ3v) is 4.10. The fourth-order valence-electron chi connectivity index (χ4n) is 2.75. The minimum atomic E-state index is -0.0818. The van der Waals surface area contributed by atoms with E-state index in [-0.39, 0.29) is 11.9 Å². The largest absolute Gasteiger partial charge is 0.493 e. The molecule has 0 bridgehead atoms. The summed E-state index contributed by atoms with van der Waals surface area (Å²) in [6.07, 6.45) is 7.82. The number of hydrogen-bond donors (Lipinski definition) is 0. The molecule has 1 aromatic carbocycles. The minimum absolute atomic E-state index is 0.00988. The monoisotopic (exact) mass is 319 g/mol. The van der Waals surface area contributed by atoms with Gasteiger partial charge in [0.1, 0.15) is 5.75 Å². The van der Waals surface area contributed by atoms with Crippen LogP contribution in [0.25, 0.3) is 0 Å². The van der Waals surface area contributed by atoms with Gasteiger partial charge >= 0.3 is 5.97 Å². The van der Waals surface area contributed by atoms with Crippen LogP contribution in [0.15, 0.2) is 24.3 Å². The van der Waals surface area contributed by atoms with Gasteiger partial charge in [0.2, 0.25) is 0 Å². The lowest BCUT2D eigenvalue weighted by Crippen LogP contribution is -2.21. The number of hydrogen-bond acceptors (Lipinski definition) is 3. The highest BCUT2D eigenvalue weighted by atomic mass is 16.5. The second-order valence-corrected chi connectivity index (χ2v) is 6.31. The molecule has 129 valence electrons. The average Bonchev–Trinajstić information content (AvgIpc) is 2.59. The number of rotatable bonds is 12. The van der Waals surface area contributed by atoms with Crippen molar-refractivity contribution in [1.82, 2.24) is 0 Å². The molecule has 0 saturated carbocycles. The van der Waals surface area contributed by atoms with Gasteiger partial charge in [0.25, 0.3) is 0 Å². The maximum absolute atomic E-state index is 12.0. The summed E-state index contributed by atoms with van der Waals surface area (Å²) in [6, 6.07) is 10.5. The number of methoxy groups -OCH3 is 1. The maximum Gasteiger partial charge on any atom is 0.308 e. The Labute approximate surface area is 141 Å². The van der Waals surface area contributed by atoms with Crippen molar-refractivity contribution in [3.63, 3.8) is 0 Å². The number of unbranched alkanes of at least 4 members (excludes halogenated alkanes) is 4. The van der Waals surface area contributed by atoms with Gasteiger partial charge in [-0.25, -0.2) is 0 Å². The Hall–Kier alpha value is -1.51. The van der Waals surface area contributed by atoms with E-state index in [1.54, 1.807) is 0 Å². The van der Waals surface area contributed by atoms with Crippen molar-refractivity contribution in [1.29, 1.82) is 0 Å². The number of benzene rings is 1. The molecule has 0 heterocycles. The number of carbonyl (C=O) groups is 1. The van der Waals surface area contributed by atoms with Gasteiger partial charge in [-0.3, -0.25) is 4.79 Å². The van der Waals surface area contributed by atoms with Crippen LogP contribution in [0.2, 0.25) is 0 Å². The molecule has 3 nitrogen and oxygen atoms in total. The average molecular weight is 319 g/mol. The second kappa shape index (κ2) is 12.0. The summed E-state index contributed by atoms with van der Waals surface area (Å²) in [5, 5.41) is 0. The second-order valence-electron chi connectivity index (χ2n) is 6.31. The lowest BCUT2D eigenvalue weighted by atomic mass is 9.91. The van der Waals surface area contributed by atoms with Gasteiger partial charge in [-0.05, 0) is 37.0 Å². The Balaban J connectivity index is 2.34. The van der Waals surface area contributed by atoms with Crippen LogP contribution in [0.4, 0.5) is 0 Å². The molecule has 2 atom stereocenters. The first-order valence-corrected chi connectivity index (χ1v) is 8.84. The lowest BCUT2D eigenvalue weighted by molar-refractivity contribution is -0.146. The summed E-state index contributed by atoms with van der Waals surface area (Å²) in [4.78, 5) is 12.0. The quantitative estimate of drug-likeness (QED) is 0.400. The van der Waals surface area contributed by atoms with Crippen LogP contribution in [0, 0.1) is 17.9 Å². The molecule has 1 rings (SSSR count). The SMILES string of the molecule is CCCCCCCC(CC(C)COc1cc[c]cc1)C(=O)OC.